The molecule has 0 spiro atoms. The van der Waals surface area contributed by atoms with Crippen molar-refractivity contribution in [3.05, 3.63) is 15.9 Å². The lowest BCUT2D eigenvalue weighted by Gasteiger charge is -2.26. The summed E-state index contributed by atoms with van der Waals surface area (Å²) in [5.41, 5.74) is 2.37. The minimum Gasteiger partial charge on any atom is -0.396 e. The molecule has 0 saturated carbocycles. The maximum Gasteiger partial charge on any atom is 0.0767 e. The molecule has 0 saturated heterocycles. The van der Waals surface area contributed by atoms with Crippen LogP contribution in [0.25, 0.3) is 0 Å². The summed E-state index contributed by atoms with van der Waals surface area (Å²) >= 11 is 3.69. The average Bonchev–Trinajstić information content (AvgIpc) is 2.70. The van der Waals surface area contributed by atoms with E-state index in [0.29, 0.717) is 6.04 Å². The van der Waals surface area contributed by atoms with Crippen molar-refractivity contribution in [3.8, 4) is 0 Å². The number of hydrogen-bond acceptors (Lipinski definition) is 3. The largest absolute Gasteiger partial charge is 0.396 e. The molecule has 0 unspecified atom stereocenters. The van der Waals surface area contributed by atoms with Crippen molar-refractivity contribution in [1.29, 1.82) is 0 Å². The number of hydrogen-bond donors (Lipinski definition) is 1. The Morgan fingerprint density at radius 1 is 1.37 bits per heavy atom. The van der Waals surface area contributed by atoms with Crippen molar-refractivity contribution in [3.63, 3.8) is 0 Å². The lowest BCUT2D eigenvalue weighted by Crippen LogP contribution is -2.32. The summed E-state index contributed by atoms with van der Waals surface area (Å²) in [6.45, 7) is 11.6. The molecule has 0 aromatic carbocycles. The van der Waals surface area contributed by atoms with Crippen molar-refractivity contribution in [1.82, 2.24) is 14.7 Å². The standard InChI is InChI=1S/C14H26BrN3O/c1-5-12-14(15)13(18(6-2)16-12)10-17(11(3)4)8-7-9-19/h11,19H,5-10H2,1-4H3. The summed E-state index contributed by atoms with van der Waals surface area (Å²) in [5.74, 6) is 0. The van der Waals surface area contributed by atoms with Gasteiger partial charge in [-0.25, -0.2) is 0 Å². The van der Waals surface area contributed by atoms with Gasteiger partial charge >= 0.3 is 0 Å². The number of rotatable bonds is 8. The van der Waals surface area contributed by atoms with E-state index >= 15 is 0 Å². The van der Waals surface area contributed by atoms with Crippen molar-refractivity contribution in [2.45, 2.75) is 59.7 Å². The second-order valence-corrected chi connectivity index (χ2v) is 5.81. The zero-order chi connectivity index (χ0) is 14.4. The van der Waals surface area contributed by atoms with Gasteiger partial charge in [-0.1, -0.05) is 6.92 Å². The Morgan fingerprint density at radius 2 is 2.05 bits per heavy atom. The van der Waals surface area contributed by atoms with Crippen LogP contribution >= 0.6 is 15.9 Å². The summed E-state index contributed by atoms with van der Waals surface area (Å²) in [4.78, 5) is 2.38. The van der Waals surface area contributed by atoms with Gasteiger partial charge in [0.1, 0.15) is 0 Å². The van der Waals surface area contributed by atoms with Crippen LogP contribution in [0.4, 0.5) is 0 Å². The Hall–Kier alpha value is -0.390. The molecule has 1 rings (SSSR count). The van der Waals surface area contributed by atoms with Crippen LogP contribution in [0.3, 0.4) is 0 Å². The fourth-order valence-corrected chi connectivity index (χ4v) is 2.84. The van der Waals surface area contributed by atoms with Crippen LogP contribution < -0.4 is 0 Å². The highest BCUT2D eigenvalue weighted by Crippen LogP contribution is 2.24. The molecule has 0 amide bonds. The smallest absolute Gasteiger partial charge is 0.0767 e. The Labute approximate surface area is 124 Å². The van der Waals surface area contributed by atoms with Gasteiger partial charge in [-0.05, 0) is 49.5 Å². The Kier molecular flexibility index (Phi) is 7.04. The first-order chi connectivity index (χ1) is 9.04. The molecule has 5 heteroatoms. The van der Waals surface area contributed by atoms with Crippen molar-refractivity contribution in [2.75, 3.05) is 13.2 Å². The van der Waals surface area contributed by atoms with Crippen molar-refractivity contribution >= 4 is 15.9 Å². The zero-order valence-electron chi connectivity index (χ0n) is 12.5. The SMILES string of the molecule is CCc1nn(CC)c(CN(CCCO)C(C)C)c1Br. The van der Waals surface area contributed by atoms with E-state index in [1.807, 2.05) is 0 Å². The van der Waals surface area contributed by atoms with Gasteiger partial charge < -0.3 is 5.11 Å². The average molecular weight is 332 g/mol. The Bertz CT molecular complexity index is 390. The number of aromatic nitrogens is 2. The summed E-state index contributed by atoms with van der Waals surface area (Å²) in [6, 6.07) is 0.462. The van der Waals surface area contributed by atoms with E-state index in [-0.39, 0.29) is 6.61 Å². The maximum atomic E-state index is 9.01. The molecule has 0 aliphatic heterocycles. The minimum absolute atomic E-state index is 0.248. The van der Waals surface area contributed by atoms with Crippen LogP contribution in [0.2, 0.25) is 0 Å². The number of aryl methyl sites for hydroxylation is 2. The van der Waals surface area contributed by atoms with Gasteiger partial charge in [0.25, 0.3) is 0 Å². The lowest BCUT2D eigenvalue weighted by molar-refractivity contribution is 0.180. The van der Waals surface area contributed by atoms with E-state index in [4.69, 9.17) is 5.11 Å². The van der Waals surface area contributed by atoms with E-state index in [1.165, 1.54) is 5.69 Å². The lowest BCUT2D eigenvalue weighted by atomic mass is 10.2. The van der Waals surface area contributed by atoms with Gasteiger partial charge in [-0.2, -0.15) is 5.10 Å². The van der Waals surface area contributed by atoms with E-state index < -0.39 is 0 Å². The number of aliphatic hydroxyl groups excluding tert-OH is 1. The molecule has 0 bridgehead atoms. The maximum absolute atomic E-state index is 9.01. The monoisotopic (exact) mass is 331 g/mol. The second-order valence-electron chi connectivity index (χ2n) is 5.02. The van der Waals surface area contributed by atoms with Crippen LogP contribution in [0, 0.1) is 0 Å². The van der Waals surface area contributed by atoms with E-state index in [0.717, 1.165) is 42.6 Å². The van der Waals surface area contributed by atoms with Gasteiger partial charge in [0.15, 0.2) is 0 Å². The minimum atomic E-state index is 0.248. The van der Waals surface area contributed by atoms with Gasteiger partial charge in [-0.3, -0.25) is 9.58 Å². The molecule has 0 aliphatic rings. The van der Waals surface area contributed by atoms with E-state index in [2.05, 4.69) is 58.3 Å². The zero-order valence-corrected chi connectivity index (χ0v) is 14.1. The third-order valence-electron chi connectivity index (χ3n) is 3.38. The summed E-state index contributed by atoms with van der Waals surface area (Å²) < 4.78 is 3.23. The summed E-state index contributed by atoms with van der Waals surface area (Å²) in [5, 5.41) is 13.6. The van der Waals surface area contributed by atoms with Crippen LogP contribution in [0.1, 0.15) is 45.5 Å². The molecule has 1 N–H and O–H groups in total. The van der Waals surface area contributed by atoms with Gasteiger partial charge in [0, 0.05) is 32.3 Å². The third-order valence-corrected chi connectivity index (χ3v) is 4.30. The molecule has 0 fully saturated rings. The molecule has 0 aliphatic carbocycles. The molecular weight excluding hydrogens is 306 g/mol. The highest BCUT2D eigenvalue weighted by atomic mass is 79.9. The highest BCUT2D eigenvalue weighted by molar-refractivity contribution is 9.10. The first kappa shape index (κ1) is 16.7. The molecule has 0 atom stereocenters. The Morgan fingerprint density at radius 3 is 2.53 bits per heavy atom. The first-order valence-electron chi connectivity index (χ1n) is 7.14. The van der Waals surface area contributed by atoms with Gasteiger partial charge in [0.05, 0.1) is 15.9 Å². The summed E-state index contributed by atoms with van der Waals surface area (Å²) in [7, 11) is 0. The molecule has 0 radical (unpaired) electrons. The summed E-state index contributed by atoms with van der Waals surface area (Å²) in [6.07, 6.45) is 1.76. The van der Waals surface area contributed by atoms with Crippen LogP contribution in [0.5, 0.6) is 0 Å². The fraction of sp³-hybridized carbons (Fsp3) is 0.786. The predicted octanol–water partition coefficient (Wildman–Crippen LogP) is 2.82. The number of aliphatic hydroxyl groups is 1. The first-order valence-corrected chi connectivity index (χ1v) is 7.93. The molecular formula is C14H26BrN3O. The van der Waals surface area contributed by atoms with Crippen LogP contribution in [0.15, 0.2) is 4.47 Å². The van der Waals surface area contributed by atoms with Gasteiger partial charge in [0.2, 0.25) is 0 Å². The highest BCUT2D eigenvalue weighted by Gasteiger charge is 2.18. The van der Waals surface area contributed by atoms with Gasteiger partial charge in [-0.15, -0.1) is 0 Å². The predicted molar refractivity (Wildman–Crippen MR) is 82.2 cm³/mol. The quantitative estimate of drug-likeness (QED) is 0.796. The van der Waals surface area contributed by atoms with Crippen LogP contribution in [-0.2, 0) is 19.5 Å². The molecule has 4 nitrogen and oxygen atoms in total. The van der Waals surface area contributed by atoms with E-state index in [1.54, 1.807) is 0 Å². The molecule has 1 aromatic rings. The molecule has 1 aromatic heterocycles. The third kappa shape index (κ3) is 4.29. The topological polar surface area (TPSA) is 41.3 Å². The molecule has 19 heavy (non-hydrogen) atoms. The second kappa shape index (κ2) is 8.02. The van der Waals surface area contributed by atoms with Crippen molar-refractivity contribution < 1.29 is 5.11 Å². The normalized spacial score (nSPS) is 11.8. The Balaban J connectivity index is 2.91. The van der Waals surface area contributed by atoms with Crippen molar-refractivity contribution in [2.24, 2.45) is 0 Å². The van der Waals surface area contributed by atoms with Crippen LogP contribution in [-0.4, -0.2) is 39.0 Å². The fourth-order valence-electron chi connectivity index (χ4n) is 2.15. The number of halogens is 1. The van der Waals surface area contributed by atoms with E-state index in [9.17, 15) is 0 Å². The number of nitrogens with zero attached hydrogens (tertiary/aromatic N) is 3. The molecule has 1 heterocycles. The molecule has 110 valence electrons.